The Labute approximate surface area is 116 Å². The van der Waals surface area contributed by atoms with E-state index in [0.717, 1.165) is 6.07 Å². The number of hydrogen-bond donors (Lipinski definition) is 3. The van der Waals surface area contributed by atoms with Crippen LogP contribution in [0, 0.1) is 0 Å². The summed E-state index contributed by atoms with van der Waals surface area (Å²) in [5.74, 6) is 0.145. The first kappa shape index (κ1) is 14.8. The number of nitrogens with one attached hydrogen (secondary N) is 3. The van der Waals surface area contributed by atoms with Crippen molar-refractivity contribution in [2.24, 2.45) is 0 Å². The highest BCUT2D eigenvalue weighted by Gasteiger charge is 2.34. The van der Waals surface area contributed by atoms with E-state index in [1.54, 1.807) is 0 Å². The standard InChI is InChI=1S/C10H12F3N7O/c1-20(2)8-15-5(10(11,12)13)3-6(16-8)14-4-7-17-9(21)19-18-7/h3H,4H2,1-2H3,(H,14,15,16)(H2,17,18,19,21). The number of hydrogen-bond acceptors (Lipinski definition) is 6. The van der Waals surface area contributed by atoms with E-state index in [2.05, 4.69) is 30.5 Å². The number of aromatic nitrogens is 5. The van der Waals surface area contributed by atoms with Crippen LogP contribution >= 0.6 is 0 Å². The lowest BCUT2D eigenvalue weighted by atomic mass is 10.3. The van der Waals surface area contributed by atoms with Gasteiger partial charge in [0.05, 0.1) is 6.54 Å². The SMILES string of the molecule is CN(C)c1nc(NCc2n[nH]c(=O)[nH]2)cc(C(F)(F)F)n1. The van der Waals surface area contributed by atoms with Gasteiger partial charge in [-0.1, -0.05) is 0 Å². The summed E-state index contributed by atoms with van der Waals surface area (Å²) in [5.41, 5.74) is -1.56. The van der Waals surface area contributed by atoms with E-state index in [1.807, 2.05) is 0 Å². The minimum Gasteiger partial charge on any atom is -0.363 e. The normalized spacial score (nSPS) is 11.5. The van der Waals surface area contributed by atoms with Crippen molar-refractivity contribution in [3.8, 4) is 0 Å². The molecule has 8 nitrogen and oxygen atoms in total. The predicted molar refractivity (Wildman–Crippen MR) is 67.9 cm³/mol. The van der Waals surface area contributed by atoms with Crippen LogP contribution < -0.4 is 15.9 Å². The third-order valence-electron chi connectivity index (χ3n) is 2.39. The average molecular weight is 303 g/mol. The molecule has 0 unspecified atom stereocenters. The van der Waals surface area contributed by atoms with E-state index >= 15 is 0 Å². The van der Waals surface area contributed by atoms with Crippen LogP contribution in [0.15, 0.2) is 10.9 Å². The number of rotatable bonds is 4. The largest absolute Gasteiger partial charge is 0.433 e. The van der Waals surface area contributed by atoms with Crippen LogP contribution in [-0.2, 0) is 12.7 Å². The minimum absolute atomic E-state index is 0.0138. The van der Waals surface area contributed by atoms with Crippen molar-refractivity contribution in [3.63, 3.8) is 0 Å². The molecule has 0 aliphatic rings. The zero-order chi connectivity index (χ0) is 15.6. The first-order valence-corrected chi connectivity index (χ1v) is 5.77. The molecule has 2 aromatic heterocycles. The second-order valence-electron chi connectivity index (χ2n) is 4.31. The molecule has 0 atom stereocenters. The second kappa shape index (κ2) is 5.42. The van der Waals surface area contributed by atoms with Gasteiger partial charge >= 0.3 is 11.9 Å². The van der Waals surface area contributed by atoms with E-state index in [9.17, 15) is 18.0 Å². The topological polar surface area (TPSA) is 103 Å². The van der Waals surface area contributed by atoms with Crippen molar-refractivity contribution in [1.82, 2.24) is 25.1 Å². The van der Waals surface area contributed by atoms with Crippen LogP contribution in [0.2, 0.25) is 0 Å². The molecule has 2 aromatic rings. The van der Waals surface area contributed by atoms with Crippen LogP contribution in [0.4, 0.5) is 24.9 Å². The number of anilines is 2. The number of aromatic amines is 2. The predicted octanol–water partition coefficient (Wildman–Crippen LogP) is 0.585. The maximum Gasteiger partial charge on any atom is 0.433 e. The Morgan fingerprint density at radius 2 is 2.05 bits per heavy atom. The summed E-state index contributed by atoms with van der Waals surface area (Å²) in [4.78, 5) is 21.9. The molecule has 0 saturated heterocycles. The Morgan fingerprint density at radius 3 is 2.57 bits per heavy atom. The van der Waals surface area contributed by atoms with Gasteiger partial charge in [0.2, 0.25) is 5.95 Å². The van der Waals surface area contributed by atoms with E-state index in [-0.39, 0.29) is 24.1 Å². The van der Waals surface area contributed by atoms with Crippen LogP contribution in [0.3, 0.4) is 0 Å². The van der Waals surface area contributed by atoms with Gasteiger partial charge in [-0.2, -0.15) is 23.3 Å². The molecule has 0 aliphatic carbocycles. The molecule has 0 bridgehead atoms. The third-order valence-corrected chi connectivity index (χ3v) is 2.39. The highest BCUT2D eigenvalue weighted by Crippen LogP contribution is 2.30. The zero-order valence-corrected chi connectivity index (χ0v) is 11.1. The zero-order valence-electron chi connectivity index (χ0n) is 11.1. The molecule has 0 fully saturated rings. The van der Waals surface area contributed by atoms with Gasteiger partial charge < -0.3 is 10.2 Å². The molecule has 0 saturated carbocycles. The summed E-state index contributed by atoms with van der Waals surface area (Å²) in [6.45, 7) is 0.0138. The molecule has 21 heavy (non-hydrogen) atoms. The van der Waals surface area contributed by atoms with E-state index < -0.39 is 17.6 Å². The first-order chi connectivity index (χ1) is 9.75. The van der Waals surface area contributed by atoms with Gasteiger partial charge in [0.25, 0.3) is 0 Å². The third kappa shape index (κ3) is 3.70. The highest BCUT2D eigenvalue weighted by atomic mass is 19.4. The maximum absolute atomic E-state index is 12.8. The Bertz CT molecular complexity index is 676. The molecule has 2 heterocycles. The summed E-state index contributed by atoms with van der Waals surface area (Å²) in [7, 11) is 3.06. The number of H-pyrrole nitrogens is 2. The van der Waals surface area contributed by atoms with Gasteiger partial charge in [-0.05, 0) is 0 Å². The molecule has 114 valence electrons. The highest BCUT2D eigenvalue weighted by molar-refractivity contribution is 5.43. The van der Waals surface area contributed by atoms with Crippen molar-refractivity contribution >= 4 is 11.8 Å². The quantitative estimate of drug-likeness (QED) is 0.764. The van der Waals surface area contributed by atoms with Gasteiger partial charge in [0.1, 0.15) is 11.6 Å². The molecule has 11 heteroatoms. The monoisotopic (exact) mass is 303 g/mol. The fourth-order valence-corrected chi connectivity index (χ4v) is 1.43. The second-order valence-corrected chi connectivity index (χ2v) is 4.31. The molecule has 0 radical (unpaired) electrons. The Balaban J connectivity index is 2.25. The van der Waals surface area contributed by atoms with Crippen LogP contribution in [-0.4, -0.2) is 39.2 Å². The van der Waals surface area contributed by atoms with Gasteiger partial charge in [-0.25, -0.2) is 14.9 Å². The van der Waals surface area contributed by atoms with E-state index in [4.69, 9.17) is 0 Å². The van der Waals surface area contributed by atoms with Crippen molar-refractivity contribution in [1.29, 1.82) is 0 Å². The van der Waals surface area contributed by atoms with Gasteiger partial charge in [-0.3, -0.25) is 4.98 Å². The lowest BCUT2D eigenvalue weighted by Crippen LogP contribution is -2.18. The summed E-state index contributed by atoms with van der Waals surface area (Å²) in [6, 6.07) is 0.789. The van der Waals surface area contributed by atoms with E-state index in [0.29, 0.717) is 0 Å². The van der Waals surface area contributed by atoms with Gasteiger partial charge in [0.15, 0.2) is 5.69 Å². The van der Waals surface area contributed by atoms with E-state index in [1.165, 1.54) is 19.0 Å². The molecule has 0 amide bonds. The lowest BCUT2D eigenvalue weighted by Gasteiger charge is -2.15. The summed E-state index contributed by atoms with van der Waals surface area (Å²) < 4.78 is 38.3. The number of nitrogens with zero attached hydrogens (tertiary/aromatic N) is 4. The van der Waals surface area contributed by atoms with Gasteiger partial charge in [0, 0.05) is 20.2 Å². The molecule has 2 rings (SSSR count). The van der Waals surface area contributed by atoms with Crippen LogP contribution in [0.25, 0.3) is 0 Å². The molecule has 0 spiro atoms. The van der Waals surface area contributed by atoms with Crippen molar-refractivity contribution in [2.45, 2.75) is 12.7 Å². The Morgan fingerprint density at radius 1 is 1.33 bits per heavy atom. The molecule has 0 aromatic carbocycles. The summed E-state index contributed by atoms with van der Waals surface area (Å²) in [5, 5.41) is 8.43. The number of halogens is 3. The fourth-order valence-electron chi connectivity index (χ4n) is 1.43. The fraction of sp³-hybridized carbons (Fsp3) is 0.400. The first-order valence-electron chi connectivity index (χ1n) is 5.77. The summed E-state index contributed by atoms with van der Waals surface area (Å²) >= 11 is 0. The molecular weight excluding hydrogens is 291 g/mol. The number of alkyl halides is 3. The van der Waals surface area contributed by atoms with Crippen molar-refractivity contribution in [3.05, 3.63) is 28.1 Å². The smallest absolute Gasteiger partial charge is 0.363 e. The van der Waals surface area contributed by atoms with Crippen molar-refractivity contribution in [2.75, 3.05) is 24.3 Å². The summed E-state index contributed by atoms with van der Waals surface area (Å²) in [6.07, 6.45) is -4.58. The molecule has 3 N–H and O–H groups in total. The maximum atomic E-state index is 12.8. The molecule has 0 aliphatic heterocycles. The average Bonchev–Trinajstić information content (AvgIpc) is 2.81. The minimum atomic E-state index is -4.58. The van der Waals surface area contributed by atoms with Crippen molar-refractivity contribution < 1.29 is 13.2 Å². The van der Waals surface area contributed by atoms with Gasteiger partial charge in [-0.15, -0.1) is 0 Å². The lowest BCUT2D eigenvalue weighted by molar-refractivity contribution is -0.141. The Hall–Kier alpha value is -2.59. The Kier molecular flexibility index (Phi) is 3.82. The molecular formula is C10H12F3N7O. The van der Waals surface area contributed by atoms with Crippen LogP contribution in [0.1, 0.15) is 11.5 Å². The van der Waals surface area contributed by atoms with Crippen LogP contribution in [0.5, 0.6) is 0 Å².